The van der Waals surface area contributed by atoms with Crippen LogP contribution in [0, 0.1) is 6.92 Å². The molecule has 0 aliphatic carbocycles. The van der Waals surface area contributed by atoms with Crippen molar-refractivity contribution in [1.82, 2.24) is 24.4 Å². The lowest BCUT2D eigenvalue weighted by Gasteiger charge is -2.07. The van der Waals surface area contributed by atoms with Crippen LogP contribution in [-0.4, -0.2) is 38.1 Å². The molecule has 0 radical (unpaired) electrons. The Morgan fingerprint density at radius 1 is 1.15 bits per heavy atom. The second kappa shape index (κ2) is 7.09. The van der Waals surface area contributed by atoms with Crippen molar-refractivity contribution in [3.63, 3.8) is 0 Å². The van der Waals surface area contributed by atoms with Gasteiger partial charge in [-0.15, -0.1) is 10.2 Å². The Morgan fingerprint density at radius 3 is 2.67 bits per heavy atom. The largest absolute Gasteiger partial charge is 0.385 e. The molecule has 0 fully saturated rings. The number of fused-ring (bicyclic) bond motifs is 3. The minimum absolute atomic E-state index is 0.181. The third-order valence-corrected chi connectivity index (χ3v) is 4.76. The SMILES string of the molecule is COCCCn1ccc2c(nnc3c(-c4ccc(Cl)cc4)c(C)nn32)c1=O. The third kappa shape index (κ3) is 3.09. The number of nitrogens with zero attached hydrogens (tertiary/aromatic N) is 5. The van der Waals surface area contributed by atoms with E-state index in [0.29, 0.717) is 34.9 Å². The van der Waals surface area contributed by atoms with Crippen molar-refractivity contribution in [3.8, 4) is 11.1 Å². The van der Waals surface area contributed by atoms with Crippen LogP contribution >= 0.6 is 11.6 Å². The molecular formula is C19H18ClN5O2. The van der Waals surface area contributed by atoms with Crippen molar-refractivity contribution in [3.05, 3.63) is 57.6 Å². The van der Waals surface area contributed by atoms with Gasteiger partial charge < -0.3 is 9.30 Å². The molecule has 0 saturated heterocycles. The van der Waals surface area contributed by atoms with E-state index in [0.717, 1.165) is 23.2 Å². The molecule has 0 atom stereocenters. The average Bonchev–Trinajstić information content (AvgIpc) is 3.00. The number of methoxy groups -OCH3 is 1. The number of hydrogen-bond donors (Lipinski definition) is 0. The predicted molar refractivity (Wildman–Crippen MR) is 104 cm³/mol. The molecule has 0 amide bonds. The van der Waals surface area contributed by atoms with Crippen LogP contribution in [0.4, 0.5) is 0 Å². The summed E-state index contributed by atoms with van der Waals surface area (Å²) >= 11 is 5.99. The lowest BCUT2D eigenvalue weighted by molar-refractivity contribution is 0.190. The van der Waals surface area contributed by atoms with Crippen LogP contribution in [0.5, 0.6) is 0 Å². The summed E-state index contributed by atoms with van der Waals surface area (Å²) in [5, 5.41) is 13.8. The zero-order chi connectivity index (χ0) is 19.0. The van der Waals surface area contributed by atoms with Crippen LogP contribution in [0.25, 0.3) is 27.8 Å². The third-order valence-electron chi connectivity index (χ3n) is 4.51. The zero-order valence-electron chi connectivity index (χ0n) is 15.0. The van der Waals surface area contributed by atoms with E-state index in [1.807, 2.05) is 37.3 Å². The maximum atomic E-state index is 12.7. The van der Waals surface area contributed by atoms with Gasteiger partial charge in [0.1, 0.15) is 5.52 Å². The van der Waals surface area contributed by atoms with Gasteiger partial charge in [-0.05, 0) is 37.1 Å². The second-order valence-corrected chi connectivity index (χ2v) is 6.73. The molecule has 0 N–H and O–H groups in total. The van der Waals surface area contributed by atoms with E-state index in [-0.39, 0.29) is 5.56 Å². The van der Waals surface area contributed by atoms with Crippen molar-refractivity contribution < 1.29 is 4.74 Å². The zero-order valence-corrected chi connectivity index (χ0v) is 15.8. The maximum Gasteiger partial charge on any atom is 0.280 e. The monoisotopic (exact) mass is 383 g/mol. The first-order valence-electron chi connectivity index (χ1n) is 8.60. The number of halogens is 1. The molecule has 0 aliphatic rings. The quantitative estimate of drug-likeness (QED) is 0.495. The molecule has 4 aromatic rings. The molecule has 0 saturated carbocycles. The van der Waals surface area contributed by atoms with E-state index in [2.05, 4.69) is 15.3 Å². The first-order chi connectivity index (χ1) is 13.1. The van der Waals surface area contributed by atoms with Crippen LogP contribution in [0.15, 0.2) is 41.3 Å². The number of benzene rings is 1. The van der Waals surface area contributed by atoms with Crippen LogP contribution in [-0.2, 0) is 11.3 Å². The number of aromatic nitrogens is 5. The maximum absolute atomic E-state index is 12.7. The van der Waals surface area contributed by atoms with E-state index in [4.69, 9.17) is 16.3 Å². The topological polar surface area (TPSA) is 74.3 Å². The molecule has 4 rings (SSSR count). The summed E-state index contributed by atoms with van der Waals surface area (Å²) < 4.78 is 8.35. The van der Waals surface area contributed by atoms with Gasteiger partial charge in [-0.3, -0.25) is 4.79 Å². The highest BCUT2D eigenvalue weighted by molar-refractivity contribution is 6.30. The van der Waals surface area contributed by atoms with Gasteiger partial charge in [-0.25, -0.2) is 4.52 Å². The summed E-state index contributed by atoms with van der Waals surface area (Å²) in [7, 11) is 1.64. The standard InChI is InChI=1S/C19H18ClN5O2/c1-12-16(13-4-6-14(20)7-5-13)18-22-21-17-15(25(18)23-12)8-10-24(19(17)26)9-3-11-27-2/h4-8,10H,3,9,11H2,1-2H3. The fourth-order valence-electron chi connectivity index (χ4n) is 3.20. The molecule has 27 heavy (non-hydrogen) atoms. The predicted octanol–water partition coefficient (Wildman–Crippen LogP) is 3.10. The second-order valence-electron chi connectivity index (χ2n) is 6.30. The highest BCUT2D eigenvalue weighted by Crippen LogP contribution is 2.28. The molecule has 0 spiro atoms. The molecular weight excluding hydrogens is 366 g/mol. The molecule has 3 aromatic heterocycles. The normalized spacial score (nSPS) is 11.5. The van der Waals surface area contributed by atoms with Gasteiger partial charge in [0.25, 0.3) is 5.56 Å². The van der Waals surface area contributed by atoms with Gasteiger partial charge in [-0.1, -0.05) is 23.7 Å². The summed E-state index contributed by atoms with van der Waals surface area (Å²) in [5.41, 5.74) is 4.00. The van der Waals surface area contributed by atoms with Crippen LogP contribution in [0.1, 0.15) is 12.1 Å². The number of hydrogen-bond acceptors (Lipinski definition) is 5. The Labute approximate surface area is 160 Å². The van der Waals surface area contributed by atoms with Crippen molar-refractivity contribution in [2.24, 2.45) is 0 Å². The minimum Gasteiger partial charge on any atom is -0.385 e. The molecule has 0 unspecified atom stereocenters. The fourth-order valence-corrected chi connectivity index (χ4v) is 3.33. The van der Waals surface area contributed by atoms with E-state index >= 15 is 0 Å². The van der Waals surface area contributed by atoms with Crippen molar-refractivity contribution in [2.75, 3.05) is 13.7 Å². The fraction of sp³-hybridized carbons (Fsp3) is 0.263. The van der Waals surface area contributed by atoms with Crippen LogP contribution in [0.2, 0.25) is 5.02 Å². The van der Waals surface area contributed by atoms with Gasteiger partial charge in [-0.2, -0.15) is 5.10 Å². The van der Waals surface area contributed by atoms with Gasteiger partial charge in [0.05, 0.1) is 11.3 Å². The van der Waals surface area contributed by atoms with Crippen molar-refractivity contribution in [1.29, 1.82) is 0 Å². The van der Waals surface area contributed by atoms with Gasteiger partial charge in [0, 0.05) is 31.5 Å². The van der Waals surface area contributed by atoms with E-state index in [9.17, 15) is 4.79 Å². The lowest BCUT2D eigenvalue weighted by atomic mass is 10.1. The van der Waals surface area contributed by atoms with Gasteiger partial charge >= 0.3 is 0 Å². The highest BCUT2D eigenvalue weighted by Gasteiger charge is 2.17. The number of ether oxygens (including phenoxy) is 1. The van der Waals surface area contributed by atoms with Gasteiger partial charge in [0.15, 0.2) is 11.2 Å². The molecule has 1 aromatic carbocycles. The summed E-state index contributed by atoms with van der Waals surface area (Å²) in [5.74, 6) is 0. The molecule has 0 aliphatic heterocycles. The first kappa shape index (κ1) is 17.6. The summed E-state index contributed by atoms with van der Waals surface area (Å²) in [4.78, 5) is 12.7. The van der Waals surface area contributed by atoms with Crippen molar-refractivity contribution >= 4 is 28.3 Å². The Balaban J connectivity index is 1.87. The lowest BCUT2D eigenvalue weighted by Crippen LogP contribution is -2.22. The summed E-state index contributed by atoms with van der Waals surface area (Å²) in [6, 6.07) is 9.35. The molecule has 7 nitrogen and oxygen atoms in total. The molecule has 0 bridgehead atoms. The Kier molecular flexibility index (Phi) is 4.63. The van der Waals surface area contributed by atoms with Crippen LogP contribution in [0.3, 0.4) is 0 Å². The Morgan fingerprint density at radius 2 is 1.93 bits per heavy atom. The Bertz CT molecular complexity index is 1180. The number of rotatable bonds is 5. The first-order valence-corrected chi connectivity index (χ1v) is 8.98. The number of pyridine rings is 1. The van der Waals surface area contributed by atoms with E-state index < -0.39 is 0 Å². The van der Waals surface area contributed by atoms with Gasteiger partial charge in [0.2, 0.25) is 0 Å². The number of aryl methyl sites for hydroxylation is 2. The molecule has 138 valence electrons. The summed E-state index contributed by atoms with van der Waals surface area (Å²) in [6.07, 6.45) is 2.51. The summed E-state index contributed by atoms with van der Waals surface area (Å²) in [6.45, 7) is 3.07. The van der Waals surface area contributed by atoms with Crippen LogP contribution < -0.4 is 5.56 Å². The molecule has 3 heterocycles. The highest BCUT2D eigenvalue weighted by atomic mass is 35.5. The molecule has 8 heteroatoms. The van der Waals surface area contributed by atoms with E-state index in [1.165, 1.54) is 0 Å². The van der Waals surface area contributed by atoms with Crippen molar-refractivity contribution in [2.45, 2.75) is 19.9 Å². The minimum atomic E-state index is -0.181. The average molecular weight is 384 g/mol. The van der Waals surface area contributed by atoms with E-state index in [1.54, 1.807) is 22.4 Å². The Hall–Kier alpha value is -2.77. The smallest absolute Gasteiger partial charge is 0.280 e.